The minimum Gasteiger partial charge on any atom is -0.744 e. The van der Waals surface area contributed by atoms with Gasteiger partial charge in [0.1, 0.15) is 21.6 Å². The number of benzene rings is 2. The Labute approximate surface area is 237 Å². The molecule has 2 rings (SSSR count). The van der Waals surface area contributed by atoms with Crippen LogP contribution >= 0.6 is 0 Å². The van der Waals surface area contributed by atoms with Crippen LogP contribution in [0.1, 0.15) is 89.5 Å². The average Bonchev–Trinajstić information content (AvgIpc) is 2.74. The first-order valence-corrected chi connectivity index (χ1v) is 13.2. The second-order valence-electron chi connectivity index (χ2n) is 8.29. The van der Waals surface area contributed by atoms with E-state index in [0.717, 1.165) is 24.8 Å². The van der Waals surface area contributed by atoms with Crippen molar-refractivity contribution < 1.29 is 69.1 Å². The summed E-state index contributed by atoms with van der Waals surface area (Å²) in [5, 5.41) is 0. The van der Waals surface area contributed by atoms with E-state index in [1.54, 1.807) is 36.4 Å². The molecule has 0 fully saturated rings. The molecule has 0 saturated heterocycles. The summed E-state index contributed by atoms with van der Waals surface area (Å²) in [5.41, 5.74) is 0.991. The summed E-state index contributed by atoms with van der Waals surface area (Å²) in [6.07, 6.45) is 16.4. The Bertz CT molecular complexity index is 853. The molecule has 0 aromatic heterocycles. The first kappa shape index (κ1) is 29.8. The van der Waals surface area contributed by atoms with E-state index in [2.05, 4.69) is 6.92 Å². The Kier molecular flexibility index (Phi) is 16.1. The summed E-state index contributed by atoms with van der Waals surface area (Å²) in [7, 11) is -4.59. The maximum Gasteiger partial charge on any atom is 1.00 e. The second-order valence-corrected chi connectivity index (χ2v) is 9.64. The third-order valence-corrected chi connectivity index (χ3v) is 6.44. The van der Waals surface area contributed by atoms with Crippen LogP contribution in [-0.2, 0) is 16.5 Å². The summed E-state index contributed by atoms with van der Waals surface area (Å²) in [4.78, 5) is -0.310. The SMILES string of the molecule is CCCCCCCCCCCCCCc1ccc(S(=O)(=O)[O-])c(Oc2ccccc2)c1.[K+]. The van der Waals surface area contributed by atoms with E-state index in [4.69, 9.17) is 4.74 Å². The van der Waals surface area contributed by atoms with E-state index < -0.39 is 10.1 Å². The molecule has 0 unspecified atom stereocenters. The van der Waals surface area contributed by atoms with Gasteiger partial charge in [0, 0.05) is 0 Å². The van der Waals surface area contributed by atoms with E-state index >= 15 is 0 Å². The summed E-state index contributed by atoms with van der Waals surface area (Å²) >= 11 is 0. The Balaban J connectivity index is 0.00000512. The monoisotopic (exact) mass is 484 g/mol. The second kappa shape index (κ2) is 17.3. The van der Waals surface area contributed by atoms with Gasteiger partial charge in [0.05, 0.1) is 4.90 Å². The van der Waals surface area contributed by atoms with Crippen LogP contribution in [0.3, 0.4) is 0 Å². The standard InChI is InChI=1S/C26H38O4S.K/c1-2-3-4-5-6-7-8-9-10-11-12-14-17-23-20-21-26(31(27,28)29)25(22-23)30-24-18-15-13-16-19-24;/h13,15-16,18-22H,2-12,14,17H2,1H3,(H,27,28,29);/q;+1/p-1. The van der Waals surface area contributed by atoms with Crippen molar-refractivity contribution in [3.63, 3.8) is 0 Å². The number of para-hydroxylation sites is 1. The molecule has 0 aliphatic carbocycles. The molecule has 4 nitrogen and oxygen atoms in total. The summed E-state index contributed by atoms with van der Waals surface area (Å²) in [6, 6.07) is 13.7. The van der Waals surface area contributed by atoms with Gasteiger partial charge in [-0.2, -0.15) is 0 Å². The summed E-state index contributed by atoms with van der Waals surface area (Å²) in [5.74, 6) is 0.618. The molecule has 0 saturated carbocycles. The normalized spacial score (nSPS) is 11.2. The zero-order valence-electron chi connectivity index (χ0n) is 19.9. The van der Waals surface area contributed by atoms with Crippen LogP contribution in [0.4, 0.5) is 0 Å². The Morgan fingerprint density at radius 2 is 1.28 bits per heavy atom. The van der Waals surface area contributed by atoms with Gasteiger partial charge in [-0.05, 0) is 42.7 Å². The van der Waals surface area contributed by atoms with Crippen LogP contribution in [0.2, 0.25) is 0 Å². The van der Waals surface area contributed by atoms with Crippen LogP contribution in [0, 0.1) is 0 Å². The smallest absolute Gasteiger partial charge is 0.744 e. The predicted octanol–water partition coefficient (Wildman–Crippen LogP) is 4.63. The number of hydrogen-bond acceptors (Lipinski definition) is 4. The molecule has 2 aromatic rings. The molecular formula is C26H37KO4S. The fourth-order valence-corrected chi connectivity index (χ4v) is 4.36. The Morgan fingerprint density at radius 1 is 0.750 bits per heavy atom. The van der Waals surface area contributed by atoms with Gasteiger partial charge in [0.15, 0.2) is 0 Å². The van der Waals surface area contributed by atoms with Gasteiger partial charge in [0.2, 0.25) is 0 Å². The number of hydrogen-bond donors (Lipinski definition) is 0. The van der Waals surface area contributed by atoms with Crippen molar-refractivity contribution in [3.05, 3.63) is 54.1 Å². The Morgan fingerprint density at radius 3 is 1.81 bits per heavy atom. The predicted molar refractivity (Wildman–Crippen MR) is 126 cm³/mol. The van der Waals surface area contributed by atoms with Crippen LogP contribution in [0.15, 0.2) is 53.4 Å². The fourth-order valence-electron chi connectivity index (χ4n) is 3.78. The Hall–Kier alpha value is -0.214. The molecule has 0 aliphatic rings. The van der Waals surface area contributed by atoms with Gasteiger partial charge < -0.3 is 9.29 Å². The zero-order valence-corrected chi connectivity index (χ0v) is 23.8. The van der Waals surface area contributed by atoms with Crippen molar-refractivity contribution >= 4 is 10.1 Å². The minimum absolute atomic E-state index is 0. The van der Waals surface area contributed by atoms with Gasteiger partial charge >= 0.3 is 51.4 Å². The van der Waals surface area contributed by atoms with Gasteiger partial charge in [-0.3, -0.25) is 0 Å². The molecule has 0 bridgehead atoms. The fraction of sp³-hybridized carbons (Fsp3) is 0.538. The van der Waals surface area contributed by atoms with Crippen molar-refractivity contribution in [2.75, 3.05) is 0 Å². The van der Waals surface area contributed by atoms with Gasteiger partial charge in [-0.25, -0.2) is 8.42 Å². The zero-order chi connectivity index (χ0) is 22.4. The van der Waals surface area contributed by atoms with E-state index in [0.29, 0.717) is 5.75 Å². The molecule has 0 spiro atoms. The number of ether oxygens (including phenoxy) is 1. The molecule has 0 N–H and O–H groups in total. The largest absolute Gasteiger partial charge is 1.00 e. The first-order chi connectivity index (χ1) is 15.0. The van der Waals surface area contributed by atoms with Gasteiger partial charge in [0.25, 0.3) is 0 Å². The molecule has 2 aromatic carbocycles. The van der Waals surface area contributed by atoms with E-state index in [1.807, 2.05) is 6.07 Å². The van der Waals surface area contributed by atoms with E-state index in [1.165, 1.54) is 70.3 Å². The van der Waals surface area contributed by atoms with Crippen molar-refractivity contribution in [1.82, 2.24) is 0 Å². The third-order valence-electron chi connectivity index (χ3n) is 5.57. The maximum atomic E-state index is 11.6. The molecule has 172 valence electrons. The summed E-state index contributed by atoms with van der Waals surface area (Å²) < 4.78 is 40.5. The average molecular weight is 485 g/mol. The first-order valence-electron chi connectivity index (χ1n) is 11.8. The maximum absolute atomic E-state index is 11.6. The molecule has 0 radical (unpaired) electrons. The molecule has 0 heterocycles. The minimum atomic E-state index is -4.59. The van der Waals surface area contributed by atoms with Crippen molar-refractivity contribution in [3.8, 4) is 11.5 Å². The molecule has 0 aliphatic heterocycles. The van der Waals surface area contributed by atoms with E-state index in [9.17, 15) is 13.0 Å². The molecular weight excluding hydrogens is 447 g/mol. The number of rotatable bonds is 16. The van der Waals surface area contributed by atoms with Gasteiger partial charge in [-0.1, -0.05) is 102 Å². The topological polar surface area (TPSA) is 66.4 Å². The molecule has 0 atom stereocenters. The van der Waals surface area contributed by atoms with Crippen molar-refractivity contribution in [1.29, 1.82) is 0 Å². The van der Waals surface area contributed by atoms with Crippen molar-refractivity contribution in [2.45, 2.75) is 95.3 Å². The van der Waals surface area contributed by atoms with Gasteiger partial charge in [-0.15, -0.1) is 0 Å². The van der Waals surface area contributed by atoms with Crippen LogP contribution < -0.4 is 56.1 Å². The molecule has 32 heavy (non-hydrogen) atoms. The quantitative estimate of drug-likeness (QED) is 0.198. The molecule has 6 heteroatoms. The molecule has 0 amide bonds. The summed E-state index contributed by atoms with van der Waals surface area (Å²) in [6.45, 7) is 2.25. The number of unbranched alkanes of at least 4 members (excludes halogenated alkanes) is 11. The number of aryl methyl sites for hydroxylation is 1. The van der Waals surface area contributed by atoms with E-state index in [-0.39, 0.29) is 62.0 Å². The van der Waals surface area contributed by atoms with Crippen molar-refractivity contribution in [2.24, 2.45) is 0 Å². The van der Waals surface area contributed by atoms with Crippen LogP contribution in [0.25, 0.3) is 0 Å². The third kappa shape index (κ3) is 12.3. The van der Waals surface area contributed by atoms with Crippen LogP contribution in [-0.4, -0.2) is 13.0 Å². The van der Waals surface area contributed by atoms with Crippen LogP contribution in [0.5, 0.6) is 11.5 Å².